The van der Waals surface area contributed by atoms with Crippen molar-refractivity contribution in [2.75, 3.05) is 12.4 Å². The second-order valence-corrected chi connectivity index (χ2v) is 8.10. The summed E-state index contributed by atoms with van der Waals surface area (Å²) in [6, 6.07) is 9.33. The molecule has 1 amide bonds. The summed E-state index contributed by atoms with van der Waals surface area (Å²) in [5, 5.41) is 5.47. The Hall–Kier alpha value is -2.71. The van der Waals surface area contributed by atoms with E-state index in [1.807, 2.05) is 30.5 Å². The third-order valence-corrected chi connectivity index (χ3v) is 6.16. The predicted octanol–water partition coefficient (Wildman–Crippen LogP) is 4.68. The highest BCUT2D eigenvalue weighted by molar-refractivity contribution is 7.22. The van der Waals surface area contributed by atoms with E-state index in [0.717, 1.165) is 15.4 Å². The number of ether oxygens (including phenoxy) is 2. The highest BCUT2D eigenvalue weighted by atomic mass is 32.1. The lowest BCUT2D eigenvalue weighted by molar-refractivity contribution is -0.123. The summed E-state index contributed by atoms with van der Waals surface area (Å²) < 4.78 is 10.6. The van der Waals surface area contributed by atoms with Gasteiger partial charge in [0.05, 0.1) is 23.4 Å². The molecule has 1 atom stereocenters. The largest absolute Gasteiger partial charge is 0.495 e. The van der Waals surface area contributed by atoms with Gasteiger partial charge in [-0.3, -0.25) is 4.79 Å². The Morgan fingerprint density at radius 2 is 2.00 bits per heavy atom. The quantitative estimate of drug-likeness (QED) is 0.590. The van der Waals surface area contributed by atoms with Gasteiger partial charge in [0.15, 0.2) is 6.10 Å². The number of rotatable bonds is 6. The monoisotopic (exact) mass is 416 g/mol. The van der Waals surface area contributed by atoms with Crippen LogP contribution in [0.25, 0.3) is 9.88 Å². The van der Waals surface area contributed by atoms with Crippen LogP contribution >= 0.6 is 22.7 Å². The zero-order valence-electron chi connectivity index (χ0n) is 15.9. The number of aromatic nitrogens is 1. The van der Waals surface area contributed by atoms with Crippen LogP contribution in [-0.2, 0) is 9.53 Å². The van der Waals surface area contributed by atoms with Crippen molar-refractivity contribution < 1.29 is 19.1 Å². The molecule has 0 aliphatic rings. The Morgan fingerprint density at radius 3 is 2.68 bits per heavy atom. The summed E-state index contributed by atoms with van der Waals surface area (Å²) in [4.78, 5) is 30.8. The zero-order valence-corrected chi connectivity index (χ0v) is 17.6. The summed E-state index contributed by atoms with van der Waals surface area (Å²) >= 11 is 2.82. The second kappa shape index (κ2) is 8.53. The van der Waals surface area contributed by atoms with Gasteiger partial charge in [0.25, 0.3) is 5.91 Å². The van der Waals surface area contributed by atoms with Crippen LogP contribution in [0, 0.1) is 13.8 Å². The molecule has 0 unspecified atom stereocenters. The van der Waals surface area contributed by atoms with Gasteiger partial charge >= 0.3 is 5.97 Å². The fourth-order valence-electron chi connectivity index (χ4n) is 2.51. The van der Waals surface area contributed by atoms with E-state index in [0.29, 0.717) is 22.0 Å². The van der Waals surface area contributed by atoms with Crippen molar-refractivity contribution in [2.24, 2.45) is 0 Å². The van der Waals surface area contributed by atoms with Crippen LogP contribution in [0.2, 0.25) is 0 Å². The van der Waals surface area contributed by atoms with Crippen LogP contribution < -0.4 is 10.1 Å². The maximum atomic E-state index is 12.5. The molecular weight excluding hydrogens is 396 g/mol. The molecule has 0 spiro atoms. The molecule has 8 heteroatoms. The van der Waals surface area contributed by atoms with Crippen LogP contribution in [0.5, 0.6) is 5.75 Å². The van der Waals surface area contributed by atoms with E-state index in [-0.39, 0.29) is 0 Å². The lowest BCUT2D eigenvalue weighted by Crippen LogP contribution is -2.30. The number of methoxy groups -OCH3 is 1. The van der Waals surface area contributed by atoms with Crippen molar-refractivity contribution in [3.8, 4) is 15.6 Å². The molecule has 1 N–H and O–H groups in total. The molecule has 0 saturated carbocycles. The number of carbonyl (C=O) groups is 2. The first-order chi connectivity index (χ1) is 13.4. The molecule has 2 aromatic heterocycles. The van der Waals surface area contributed by atoms with E-state index < -0.39 is 18.0 Å². The van der Waals surface area contributed by atoms with Crippen LogP contribution in [-0.4, -0.2) is 30.1 Å². The standard InChI is InChI=1S/C20H20N2O4S2/c1-11-7-8-15(25-4)14(10-11)22-18(23)13(3)26-20(24)17-12(2)21-19(28-17)16-6-5-9-27-16/h5-10,13H,1-4H3,(H,22,23)/t13-/m0/s1. The molecule has 3 rings (SSSR count). The zero-order chi connectivity index (χ0) is 20.3. The van der Waals surface area contributed by atoms with E-state index in [1.165, 1.54) is 25.4 Å². The van der Waals surface area contributed by atoms with Crippen molar-refractivity contribution in [3.05, 3.63) is 51.8 Å². The molecule has 6 nitrogen and oxygen atoms in total. The Morgan fingerprint density at radius 1 is 1.21 bits per heavy atom. The third kappa shape index (κ3) is 4.40. The number of benzene rings is 1. The number of nitrogens with one attached hydrogen (secondary N) is 1. The Kier molecular flexibility index (Phi) is 6.11. The smallest absolute Gasteiger partial charge is 0.351 e. The van der Waals surface area contributed by atoms with Crippen molar-refractivity contribution in [1.82, 2.24) is 4.98 Å². The van der Waals surface area contributed by atoms with Gasteiger partial charge in [-0.1, -0.05) is 12.1 Å². The number of anilines is 1. The highest BCUT2D eigenvalue weighted by Crippen LogP contribution is 2.31. The first kappa shape index (κ1) is 20.0. The van der Waals surface area contributed by atoms with Gasteiger partial charge in [-0.25, -0.2) is 9.78 Å². The molecule has 0 bridgehead atoms. The van der Waals surface area contributed by atoms with E-state index in [4.69, 9.17) is 9.47 Å². The van der Waals surface area contributed by atoms with Gasteiger partial charge in [0.2, 0.25) is 0 Å². The van der Waals surface area contributed by atoms with E-state index in [2.05, 4.69) is 10.3 Å². The molecular formula is C20H20N2O4S2. The maximum Gasteiger partial charge on any atom is 0.351 e. The number of aryl methyl sites for hydroxylation is 2. The Balaban J connectivity index is 1.69. The summed E-state index contributed by atoms with van der Waals surface area (Å²) in [6.07, 6.45) is -0.968. The van der Waals surface area contributed by atoms with Gasteiger partial charge in [0, 0.05) is 0 Å². The molecule has 0 aliphatic heterocycles. The number of nitrogens with zero attached hydrogens (tertiary/aromatic N) is 1. The van der Waals surface area contributed by atoms with Crippen LogP contribution in [0.3, 0.4) is 0 Å². The minimum Gasteiger partial charge on any atom is -0.495 e. The van der Waals surface area contributed by atoms with Gasteiger partial charge in [-0.05, 0) is 49.9 Å². The number of thiazole rings is 1. The summed E-state index contributed by atoms with van der Waals surface area (Å²) in [7, 11) is 1.53. The van der Waals surface area contributed by atoms with Gasteiger partial charge in [-0.15, -0.1) is 22.7 Å². The first-order valence-corrected chi connectivity index (χ1v) is 10.3. The average Bonchev–Trinajstić information content (AvgIpc) is 3.31. The fraction of sp³-hybridized carbons (Fsp3) is 0.250. The molecule has 0 fully saturated rings. The number of hydrogen-bond acceptors (Lipinski definition) is 7. The molecule has 1 aromatic carbocycles. The van der Waals surface area contributed by atoms with Crippen LogP contribution in [0.15, 0.2) is 35.7 Å². The number of esters is 1. The lowest BCUT2D eigenvalue weighted by Gasteiger charge is -2.15. The Bertz CT molecular complexity index is 996. The van der Waals surface area contributed by atoms with Crippen LogP contribution in [0.1, 0.15) is 27.9 Å². The molecule has 2 heterocycles. The second-order valence-electron chi connectivity index (χ2n) is 6.15. The summed E-state index contributed by atoms with van der Waals surface area (Å²) in [5.74, 6) is -0.453. The maximum absolute atomic E-state index is 12.5. The number of carbonyl (C=O) groups excluding carboxylic acids is 2. The third-order valence-electron chi connectivity index (χ3n) is 3.98. The molecule has 146 valence electrons. The molecule has 28 heavy (non-hydrogen) atoms. The first-order valence-electron chi connectivity index (χ1n) is 8.57. The van der Waals surface area contributed by atoms with Crippen molar-refractivity contribution in [2.45, 2.75) is 26.9 Å². The minimum atomic E-state index is -0.968. The number of amides is 1. The van der Waals surface area contributed by atoms with Crippen molar-refractivity contribution in [1.29, 1.82) is 0 Å². The lowest BCUT2D eigenvalue weighted by atomic mass is 10.2. The summed E-state index contributed by atoms with van der Waals surface area (Å²) in [6.45, 7) is 5.20. The molecule has 0 radical (unpaired) electrons. The van der Waals surface area contributed by atoms with E-state index >= 15 is 0 Å². The number of hydrogen-bond donors (Lipinski definition) is 1. The van der Waals surface area contributed by atoms with Gasteiger partial charge < -0.3 is 14.8 Å². The molecule has 0 saturated heterocycles. The van der Waals surface area contributed by atoms with Crippen LogP contribution in [0.4, 0.5) is 5.69 Å². The molecule has 3 aromatic rings. The SMILES string of the molecule is COc1ccc(C)cc1NC(=O)[C@H](C)OC(=O)c1sc(-c2cccs2)nc1C. The van der Waals surface area contributed by atoms with Gasteiger partial charge in [0.1, 0.15) is 15.6 Å². The fourth-order valence-corrected chi connectivity index (χ4v) is 4.26. The van der Waals surface area contributed by atoms with Crippen molar-refractivity contribution in [3.63, 3.8) is 0 Å². The summed E-state index contributed by atoms with van der Waals surface area (Å²) in [5.41, 5.74) is 2.10. The normalized spacial score (nSPS) is 11.7. The molecule has 0 aliphatic carbocycles. The van der Waals surface area contributed by atoms with E-state index in [1.54, 1.807) is 30.4 Å². The predicted molar refractivity (Wildman–Crippen MR) is 111 cm³/mol. The highest BCUT2D eigenvalue weighted by Gasteiger charge is 2.24. The number of thiophene rings is 1. The topological polar surface area (TPSA) is 77.5 Å². The van der Waals surface area contributed by atoms with Gasteiger partial charge in [-0.2, -0.15) is 0 Å². The van der Waals surface area contributed by atoms with Crippen molar-refractivity contribution >= 4 is 40.2 Å². The average molecular weight is 417 g/mol. The van der Waals surface area contributed by atoms with E-state index in [9.17, 15) is 9.59 Å². The minimum absolute atomic E-state index is 0.399. The Labute approximate surface area is 171 Å².